The van der Waals surface area contributed by atoms with Crippen LogP contribution in [0.4, 0.5) is 5.69 Å². The van der Waals surface area contributed by atoms with Gasteiger partial charge in [-0.15, -0.1) is 11.3 Å². The molecule has 0 saturated carbocycles. The summed E-state index contributed by atoms with van der Waals surface area (Å²) < 4.78 is 12.1. The van der Waals surface area contributed by atoms with Gasteiger partial charge in [0.05, 0.1) is 15.9 Å². The van der Waals surface area contributed by atoms with Crippen LogP contribution in [-0.2, 0) is 0 Å². The van der Waals surface area contributed by atoms with E-state index in [1.807, 2.05) is 31.2 Å². The van der Waals surface area contributed by atoms with Crippen molar-refractivity contribution in [3.8, 4) is 17.6 Å². The number of non-ortho nitro benzene ring substituents is 1. The highest BCUT2D eigenvalue weighted by Crippen LogP contribution is 2.44. The summed E-state index contributed by atoms with van der Waals surface area (Å²) in [4.78, 5) is 24.0. The topological polar surface area (TPSA) is 128 Å². The molecule has 1 aliphatic heterocycles. The lowest BCUT2D eigenvalue weighted by atomic mass is 9.83. The average molecular weight is 518 g/mol. The lowest BCUT2D eigenvalue weighted by Gasteiger charge is -2.26. The largest absolute Gasteiger partial charge is 0.440 e. The van der Waals surface area contributed by atoms with E-state index in [1.165, 1.54) is 29.5 Å². The lowest BCUT2D eigenvalue weighted by molar-refractivity contribution is -0.384. The zero-order valence-corrected chi connectivity index (χ0v) is 20.2. The van der Waals surface area contributed by atoms with E-state index < -0.39 is 16.8 Å². The highest BCUT2D eigenvalue weighted by Gasteiger charge is 2.32. The molecule has 3 aromatic carbocycles. The molecule has 1 unspecified atom stereocenters. The number of nitrogens with zero attached hydrogens (tertiary/aromatic N) is 2. The zero-order valence-electron chi connectivity index (χ0n) is 18.7. The first-order valence-electron chi connectivity index (χ1n) is 10.6. The van der Waals surface area contributed by atoms with Gasteiger partial charge in [-0.05, 0) is 30.2 Å². The summed E-state index contributed by atoms with van der Waals surface area (Å²) in [7, 11) is 0. The summed E-state index contributed by atoms with van der Waals surface area (Å²) in [6, 6.07) is 18.4. The Hall–Kier alpha value is -4.39. The number of ether oxygens (including phenoxy) is 2. The third-order valence-corrected chi connectivity index (χ3v) is 7.42. The molecule has 0 amide bonds. The van der Waals surface area contributed by atoms with Crippen molar-refractivity contribution in [2.24, 2.45) is 5.73 Å². The number of hydrogen-bond acceptors (Lipinski definition) is 8. The van der Waals surface area contributed by atoms with Crippen molar-refractivity contribution in [2.75, 3.05) is 0 Å². The number of carbonyl (C=O) groups excluding carboxylic acids is 1. The fourth-order valence-corrected chi connectivity index (χ4v) is 5.60. The smallest absolute Gasteiger partial charge is 0.355 e. The van der Waals surface area contributed by atoms with Crippen LogP contribution in [0.5, 0.6) is 11.5 Å². The molecule has 0 radical (unpaired) electrons. The van der Waals surface area contributed by atoms with Crippen molar-refractivity contribution < 1.29 is 19.2 Å². The maximum absolute atomic E-state index is 12.9. The summed E-state index contributed by atoms with van der Waals surface area (Å²) in [5.41, 5.74) is 8.14. The van der Waals surface area contributed by atoms with Crippen LogP contribution in [0.3, 0.4) is 0 Å². The molecule has 2 heterocycles. The number of nitro groups is 1. The molecule has 10 heteroatoms. The van der Waals surface area contributed by atoms with E-state index >= 15 is 0 Å². The normalized spacial score (nSPS) is 14.6. The fraction of sp³-hybridized carbons (Fsp3) is 0.0769. The predicted octanol–water partition coefficient (Wildman–Crippen LogP) is 6.21. The molecule has 1 aromatic heterocycles. The lowest BCUT2D eigenvalue weighted by Crippen LogP contribution is -2.21. The Morgan fingerprint density at radius 3 is 2.78 bits per heavy atom. The number of aryl methyl sites for hydroxylation is 1. The summed E-state index contributed by atoms with van der Waals surface area (Å²) >= 11 is 7.69. The van der Waals surface area contributed by atoms with Gasteiger partial charge < -0.3 is 15.2 Å². The van der Waals surface area contributed by atoms with Crippen LogP contribution in [0.25, 0.3) is 10.1 Å². The first-order chi connectivity index (χ1) is 17.3. The van der Waals surface area contributed by atoms with Crippen LogP contribution in [0.1, 0.15) is 32.3 Å². The maximum Gasteiger partial charge on any atom is 0.355 e. The SMILES string of the molecule is Cc1ccc2c(Cl)c(C(=O)Oc3ccc4c(c3)OC(N)=C(C#N)C4c3cccc([N+](=O)[O-])c3)sc2c1. The van der Waals surface area contributed by atoms with Gasteiger partial charge in [-0.25, -0.2) is 4.79 Å². The number of benzene rings is 3. The monoisotopic (exact) mass is 517 g/mol. The predicted molar refractivity (Wildman–Crippen MR) is 135 cm³/mol. The number of hydrogen-bond donors (Lipinski definition) is 1. The number of thiophene rings is 1. The molecule has 5 rings (SSSR count). The van der Waals surface area contributed by atoms with Gasteiger partial charge in [0.1, 0.15) is 28.0 Å². The first-order valence-corrected chi connectivity index (χ1v) is 11.8. The van der Waals surface area contributed by atoms with Gasteiger partial charge in [-0.1, -0.05) is 41.9 Å². The Bertz CT molecular complexity index is 1650. The molecule has 178 valence electrons. The molecule has 0 saturated heterocycles. The van der Waals surface area contributed by atoms with Crippen molar-refractivity contribution in [1.82, 2.24) is 0 Å². The van der Waals surface area contributed by atoms with E-state index in [-0.39, 0.29) is 33.5 Å². The molecule has 1 aliphatic rings. The van der Waals surface area contributed by atoms with Gasteiger partial charge in [-0.2, -0.15) is 5.26 Å². The molecule has 0 bridgehead atoms. The fourth-order valence-electron chi connectivity index (χ4n) is 4.12. The molecular formula is C26H16ClN3O5S. The molecule has 2 N–H and O–H groups in total. The number of allylic oxidation sites excluding steroid dienone is 1. The molecular weight excluding hydrogens is 502 g/mol. The van der Waals surface area contributed by atoms with Crippen LogP contribution in [0, 0.1) is 28.4 Å². The summed E-state index contributed by atoms with van der Waals surface area (Å²) in [5, 5.41) is 22.1. The third kappa shape index (κ3) is 4.02. The minimum Gasteiger partial charge on any atom is -0.440 e. The number of carbonyl (C=O) groups is 1. The number of halogens is 1. The second-order valence-electron chi connectivity index (χ2n) is 8.11. The van der Waals surface area contributed by atoms with Crippen LogP contribution < -0.4 is 15.2 Å². The van der Waals surface area contributed by atoms with Crippen LogP contribution >= 0.6 is 22.9 Å². The summed E-state index contributed by atoms with van der Waals surface area (Å²) in [6.45, 7) is 1.96. The van der Waals surface area contributed by atoms with Gasteiger partial charge in [0.25, 0.3) is 5.69 Å². The van der Waals surface area contributed by atoms with Gasteiger partial charge in [0.15, 0.2) is 0 Å². The Labute approximate surface area is 213 Å². The van der Waals surface area contributed by atoms with Crippen molar-refractivity contribution >= 4 is 44.7 Å². The van der Waals surface area contributed by atoms with Gasteiger partial charge in [0.2, 0.25) is 5.88 Å². The van der Waals surface area contributed by atoms with E-state index in [9.17, 15) is 20.2 Å². The number of nitro benzene ring substituents is 1. The van der Waals surface area contributed by atoms with E-state index in [1.54, 1.807) is 24.3 Å². The van der Waals surface area contributed by atoms with Crippen molar-refractivity contribution in [1.29, 1.82) is 5.26 Å². The van der Waals surface area contributed by atoms with Gasteiger partial charge in [-0.3, -0.25) is 10.1 Å². The molecule has 4 aromatic rings. The van der Waals surface area contributed by atoms with E-state index in [0.717, 1.165) is 15.6 Å². The quantitative estimate of drug-likeness (QED) is 0.147. The van der Waals surface area contributed by atoms with Crippen LogP contribution in [0.15, 0.2) is 72.1 Å². The van der Waals surface area contributed by atoms with E-state index in [4.69, 9.17) is 26.8 Å². The molecule has 0 aliphatic carbocycles. The van der Waals surface area contributed by atoms with Gasteiger partial charge in [0, 0.05) is 33.8 Å². The van der Waals surface area contributed by atoms with E-state index in [2.05, 4.69) is 0 Å². The van der Waals surface area contributed by atoms with Crippen LogP contribution in [-0.4, -0.2) is 10.9 Å². The molecule has 0 spiro atoms. The highest BCUT2D eigenvalue weighted by molar-refractivity contribution is 7.21. The second-order valence-corrected chi connectivity index (χ2v) is 9.54. The van der Waals surface area contributed by atoms with Crippen LogP contribution in [0.2, 0.25) is 5.02 Å². The third-order valence-electron chi connectivity index (χ3n) is 5.79. The minimum absolute atomic E-state index is 0.114. The first kappa shape index (κ1) is 23.4. The zero-order chi connectivity index (χ0) is 25.6. The second kappa shape index (κ2) is 9.00. The Morgan fingerprint density at radius 1 is 1.22 bits per heavy atom. The van der Waals surface area contributed by atoms with Crippen molar-refractivity contribution in [2.45, 2.75) is 12.8 Å². The maximum atomic E-state index is 12.9. The number of nitriles is 1. The standard InChI is InChI=1S/C26H16ClN3O5S/c1-13-5-7-18-21(9-13)36-24(23(18)27)26(31)34-16-6-8-17-20(11-16)35-25(29)19(12-28)22(17)14-3-2-4-15(10-14)30(32)33/h2-11,22H,29H2,1H3. The van der Waals surface area contributed by atoms with Crippen molar-refractivity contribution in [3.05, 3.63) is 109 Å². The number of rotatable bonds is 4. The Kier molecular flexibility index (Phi) is 5.84. The average Bonchev–Trinajstić information content (AvgIpc) is 3.18. The number of fused-ring (bicyclic) bond motifs is 2. The number of nitrogens with two attached hydrogens (primary N) is 1. The molecule has 36 heavy (non-hydrogen) atoms. The van der Waals surface area contributed by atoms with Gasteiger partial charge >= 0.3 is 5.97 Å². The van der Waals surface area contributed by atoms with E-state index in [0.29, 0.717) is 16.1 Å². The van der Waals surface area contributed by atoms with Crippen molar-refractivity contribution in [3.63, 3.8) is 0 Å². The minimum atomic E-state index is -0.691. The molecule has 0 fully saturated rings. The molecule has 1 atom stereocenters. The summed E-state index contributed by atoms with van der Waals surface area (Å²) in [6.07, 6.45) is 0. The summed E-state index contributed by atoms with van der Waals surface area (Å²) in [5.74, 6) is -0.983. The number of esters is 1. The molecule has 8 nitrogen and oxygen atoms in total. The highest BCUT2D eigenvalue weighted by atomic mass is 35.5. The Morgan fingerprint density at radius 2 is 2.03 bits per heavy atom. The Balaban J connectivity index is 1.50.